The molecule has 1 aromatic heterocycles. The third-order valence-electron chi connectivity index (χ3n) is 8.22. The van der Waals surface area contributed by atoms with Gasteiger partial charge in [0.2, 0.25) is 6.04 Å². The largest absolute Gasteiger partial charge is 0.455 e. The number of quaternary nitrogens is 1. The van der Waals surface area contributed by atoms with E-state index in [2.05, 4.69) is 22.1 Å². The van der Waals surface area contributed by atoms with Crippen molar-refractivity contribution in [2.45, 2.75) is 37.3 Å². The number of primary amides is 1. The predicted octanol–water partition coefficient (Wildman–Crippen LogP) is 2.89. The number of nitrogens with two attached hydrogens (primary N) is 1. The van der Waals surface area contributed by atoms with Crippen LogP contribution in [0, 0.1) is 5.92 Å². The molecule has 2 N–H and O–H groups in total. The molecule has 2 aromatic carbocycles. The molecule has 4 aliphatic rings. The van der Waals surface area contributed by atoms with Crippen LogP contribution in [0.15, 0.2) is 67.0 Å². The topological polar surface area (TPSA) is 95.2 Å². The fourth-order valence-corrected chi connectivity index (χ4v) is 6.55. The standard InChI is InChI=1S/C28H28N4O3/c29-26(33)25(27-30-12-5-13-31-27)32-14-10-18(11-15-32)23(17-32)35-28(34)24-21-8-3-1-6-19(21)16-20-7-2-4-9-22(20)24/h1-9,12-13,18,23-25H,10-11,14-17H2,(H-,29,33)/p+1/t18?,23-,25?,32?/m0/s1. The highest BCUT2D eigenvalue weighted by Gasteiger charge is 2.55. The van der Waals surface area contributed by atoms with Crippen molar-refractivity contribution >= 4 is 11.9 Å². The van der Waals surface area contributed by atoms with Gasteiger partial charge in [0, 0.05) is 31.2 Å². The minimum Gasteiger partial charge on any atom is -0.455 e. The van der Waals surface area contributed by atoms with Gasteiger partial charge in [-0.15, -0.1) is 0 Å². The first-order chi connectivity index (χ1) is 17.1. The van der Waals surface area contributed by atoms with Gasteiger partial charge in [-0.2, -0.15) is 0 Å². The highest BCUT2D eigenvalue weighted by Crippen LogP contribution is 2.43. The number of ether oxygens (including phenoxy) is 1. The Morgan fingerprint density at radius 2 is 1.51 bits per heavy atom. The fraction of sp³-hybridized carbons (Fsp3) is 0.357. The molecule has 0 saturated carbocycles. The molecule has 3 fully saturated rings. The van der Waals surface area contributed by atoms with E-state index in [1.165, 1.54) is 11.1 Å². The van der Waals surface area contributed by atoms with Crippen molar-refractivity contribution in [3.63, 3.8) is 0 Å². The molecule has 0 radical (unpaired) electrons. The van der Waals surface area contributed by atoms with E-state index in [4.69, 9.17) is 10.5 Å². The molecule has 1 amide bonds. The molecule has 4 heterocycles. The lowest BCUT2D eigenvalue weighted by atomic mass is 9.78. The molecule has 3 aliphatic heterocycles. The van der Waals surface area contributed by atoms with Crippen LogP contribution in [0.5, 0.6) is 0 Å². The zero-order chi connectivity index (χ0) is 24.0. The number of carbonyl (C=O) groups is 2. The van der Waals surface area contributed by atoms with E-state index in [9.17, 15) is 9.59 Å². The maximum absolute atomic E-state index is 13.8. The molecule has 1 unspecified atom stereocenters. The Morgan fingerprint density at radius 3 is 2.11 bits per heavy atom. The number of amides is 1. The van der Waals surface area contributed by atoms with Crippen molar-refractivity contribution in [3.05, 3.63) is 95.1 Å². The van der Waals surface area contributed by atoms with Gasteiger partial charge in [-0.1, -0.05) is 48.5 Å². The molecule has 7 nitrogen and oxygen atoms in total. The summed E-state index contributed by atoms with van der Waals surface area (Å²) in [5, 5.41) is 0. The fourth-order valence-electron chi connectivity index (χ4n) is 6.55. The number of piperidine rings is 3. The number of fused-ring (bicyclic) bond motifs is 5. The zero-order valence-electron chi connectivity index (χ0n) is 19.5. The van der Waals surface area contributed by atoms with Crippen LogP contribution in [0.25, 0.3) is 0 Å². The molecule has 3 saturated heterocycles. The summed E-state index contributed by atoms with van der Waals surface area (Å²) < 4.78 is 6.77. The van der Waals surface area contributed by atoms with Gasteiger partial charge in [0.25, 0.3) is 5.91 Å². The lowest BCUT2D eigenvalue weighted by Gasteiger charge is -2.54. The molecule has 178 valence electrons. The summed E-state index contributed by atoms with van der Waals surface area (Å²) >= 11 is 0. The Balaban J connectivity index is 1.30. The maximum atomic E-state index is 13.8. The third kappa shape index (κ3) is 3.71. The minimum atomic E-state index is -0.644. The van der Waals surface area contributed by atoms with Crippen LogP contribution in [0.3, 0.4) is 0 Å². The van der Waals surface area contributed by atoms with E-state index >= 15 is 0 Å². The number of benzene rings is 2. The van der Waals surface area contributed by atoms with Crippen LogP contribution >= 0.6 is 0 Å². The molecule has 2 bridgehead atoms. The van der Waals surface area contributed by atoms with E-state index in [0.717, 1.165) is 43.5 Å². The first kappa shape index (κ1) is 21.9. The Bertz CT molecular complexity index is 1220. The van der Waals surface area contributed by atoms with Crippen molar-refractivity contribution in [3.8, 4) is 0 Å². The van der Waals surface area contributed by atoms with E-state index in [1.54, 1.807) is 18.5 Å². The summed E-state index contributed by atoms with van der Waals surface area (Å²) in [6, 6.07) is 17.4. The van der Waals surface area contributed by atoms with Crippen molar-refractivity contribution in [1.82, 2.24) is 9.97 Å². The van der Waals surface area contributed by atoms with Crippen molar-refractivity contribution in [1.29, 1.82) is 0 Å². The Kier molecular flexibility index (Phi) is 5.37. The Hall–Kier alpha value is -3.58. The number of rotatable bonds is 5. The molecule has 2 atom stereocenters. The maximum Gasteiger partial charge on any atom is 0.318 e. The van der Waals surface area contributed by atoms with Gasteiger partial charge in [-0.3, -0.25) is 9.59 Å². The first-order valence-corrected chi connectivity index (χ1v) is 12.3. The summed E-state index contributed by atoms with van der Waals surface area (Å²) in [6.07, 6.45) is 5.60. The number of esters is 1. The Labute approximate surface area is 204 Å². The average molecular weight is 470 g/mol. The summed E-state index contributed by atoms with van der Waals surface area (Å²) in [7, 11) is 0. The van der Waals surface area contributed by atoms with Crippen molar-refractivity contribution < 1.29 is 18.8 Å². The second-order valence-corrected chi connectivity index (χ2v) is 10.1. The van der Waals surface area contributed by atoms with Crippen molar-refractivity contribution in [2.24, 2.45) is 11.7 Å². The molecule has 3 aromatic rings. The van der Waals surface area contributed by atoms with Gasteiger partial charge in [0.05, 0.1) is 13.1 Å². The van der Waals surface area contributed by atoms with Crippen LogP contribution in [-0.2, 0) is 20.7 Å². The minimum absolute atomic E-state index is 0.215. The van der Waals surface area contributed by atoms with E-state index in [0.29, 0.717) is 22.8 Å². The van der Waals surface area contributed by atoms with Crippen LogP contribution < -0.4 is 5.73 Å². The summed E-state index contributed by atoms with van der Waals surface area (Å²) in [5.74, 6) is -0.354. The van der Waals surface area contributed by atoms with Gasteiger partial charge < -0.3 is 15.0 Å². The summed E-state index contributed by atoms with van der Waals surface area (Å²) in [4.78, 5) is 35.2. The monoisotopic (exact) mass is 469 g/mol. The summed E-state index contributed by atoms with van der Waals surface area (Å²) in [6.45, 7) is 2.16. The van der Waals surface area contributed by atoms with E-state index < -0.39 is 17.9 Å². The van der Waals surface area contributed by atoms with Crippen LogP contribution in [0.4, 0.5) is 0 Å². The highest BCUT2D eigenvalue weighted by atomic mass is 16.5. The van der Waals surface area contributed by atoms with E-state index in [-0.39, 0.29) is 12.1 Å². The number of carbonyl (C=O) groups excluding carboxylic acids is 2. The van der Waals surface area contributed by atoms with Gasteiger partial charge in [0.1, 0.15) is 12.5 Å². The molecule has 7 rings (SSSR count). The summed E-state index contributed by atoms with van der Waals surface area (Å²) in [5.41, 5.74) is 10.3. The van der Waals surface area contributed by atoms with Gasteiger partial charge >= 0.3 is 5.97 Å². The molecule has 0 spiro atoms. The smallest absolute Gasteiger partial charge is 0.318 e. The molecule has 1 aliphatic carbocycles. The molecule has 35 heavy (non-hydrogen) atoms. The number of nitrogens with zero attached hydrogens (tertiary/aromatic N) is 3. The predicted molar refractivity (Wildman–Crippen MR) is 129 cm³/mol. The average Bonchev–Trinajstić information content (AvgIpc) is 2.88. The zero-order valence-corrected chi connectivity index (χ0v) is 19.5. The number of aromatic nitrogens is 2. The third-order valence-corrected chi connectivity index (χ3v) is 8.22. The SMILES string of the molecule is NC(=O)C(c1ncccn1)[N+]12CCC(CC1)[C@@H](OC(=O)C1c3ccccc3Cc3ccccc31)C2. The normalized spacial score (nSPS) is 25.8. The second-order valence-electron chi connectivity index (χ2n) is 10.1. The molecule has 7 heteroatoms. The molecular formula is C28H29N4O3+. The number of hydrogen-bond acceptors (Lipinski definition) is 5. The van der Waals surface area contributed by atoms with Crippen LogP contribution in [0.1, 0.15) is 52.9 Å². The van der Waals surface area contributed by atoms with Gasteiger partial charge in [-0.25, -0.2) is 9.97 Å². The van der Waals surface area contributed by atoms with Gasteiger partial charge in [0.15, 0.2) is 11.9 Å². The van der Waals surface area contributed by atoms with Gasteiger partial charge in [-0.05, 0) is 34.7 Å². The van der Waals surface area contributed by atoms with Crippen LogP contribution in [0.2, 0.25) is 0 Å². The first-order valence-electron chi connectivity index (χ1n) is 12.3. The number of hydrogen-bond donors (Lipinski definition) is 1. The Morgan fingerprint density at radius 1 is 0.914 bits per heavy atom. The lowest BCUT2D eigenvalue weighted by Crippen LogP contribution is -2.67. The highest BCUT2D eigenvalue weighted by molar-refractivity contribution is 5.84. The molecular weight excluding hydrogens is 440 g/mol. The quantitative estimate of drug-likeness (QED) is 0.458. The van der Waals surface area contributed by atoms with Crippen molar-refractivity contribution in [2.75, 3.05) is 19.6 Å². The lowest BCUT2D eigenvalue weighted by molar-refractivity contribution is -0.965. The van der Waals surface area contributed by atoms with E-state index in [1.807, 2.05) is 36.4 Å². The van der Waals surface area contributed by atoms with Crippen LogP contribution in [-0.4, -0.2) is 52.1 Å². The second kappa shape index (κ2) is 8.57.